The standard InChI is InChI=1S/C14H23NS/c1-9(2)12-15-10-11(16-12)14(5,6)8-7-13(10,3)4/h9H,7-8H2,1-6H3. The van der Waals surface area contributed by atoms with Crippen molar-refractivity contribution in [2.75, 3.05) is 0 Å². The predicted molar refractivity (Wildman–Crippen MR) is 71.5 cm³/mol. The molecular formula is C14H23NS. The molecule has 0 spiro atoms. The van der Waals surface area contributed by atoms with E-state index < -0.39 is 0 Å². The van der Waals surface area contributed by atoms with Gasteiger partial charge in [0.1, 0.15) is 0 Å². The summed E-state index contributed by atoms with van der Waals surface area (Å²) in [5.74, 6) is 0.558. The van der Waals surface area contributed by atoms with Crippen LogP contribution in [0.4, 0.5) is 0 Å². The fraction of sp³-hybridized carbons (Fsp3) is 0.786. The Balaban J connectivity index is 2.57. The fourth-order valence-electron chi connectivity index (χ4n) is 2.36. The molecule has 1 nitrogen and oxygen atoms in total. The van der Waals surface area contributed by atoms with Crippen molar-refractivity contribution in [3.05, 3.63) is 15.6 Å². The zero-order chi connectivity index (χ0) is 12.1. The maximum Gasteiger partial charge on any atom is 0.0956 e. The number of nitrogens with zero attached hydrogens (tertiary/aromatic N) is 1. The van der Waals surface area contributed by atoms with E-state index in [0.717, 1.165) is 0 Å². The number of hydrogen-bond acceptors (Lipinski definition) is 2. The first-order chi connectivity index (χ1) is 7.24. The van der Waals surface area contributed by atoms with Gasteiger partial charge in [-0.3, -0.25) is 0 Å². The van der Waals surface area contributed by atoms with E-state index >= 15 is 0 Å². The third-order valence-corrected chi connectivity index (χ3v) is 5.49. The molecule has 1 aliphatic carbocycles. The van der Waals surface area contributed by atoms with Gasteiger partial charge in [0.05, 0.1) is 10.7 Å². The van der Waals surface area contributed by atoms with Gasteiger partial charge in [-0.25, -0.2) is 4.98 Å². The van der Waals surface area contributed by atoms with Crippen molar-refractivity contribution in [1.29, 1.82) is 0 Å². The van der Waals surface area contributed by atoms with Crippen molar-refractivity contribution < 1.29 is 0 Å². The molecule has 2 rings (SSSR count). The van der Waals surface area contributed by atoms with Crippen LogP contribution in [0.15, 0.2) is 0 Å². The van der Waals surface area contributed by atoms with E-state index in [4.69, 9.17) is 4.98 Å². The van der Waals surface area contributed by atoms with Crippen LogP contribution >= 0.6 is 11.3 Å². The molecule has 1 aromatic rings. The lowest BCUT2D eigenvalue weighted by molar-refractivity contribution is 0.331. The van der Waals surface area contributed by atoms with Gasteiger partial charge in [-0.2, -0.15) is 0 Å². The van der Waals surface area contributed by atoms with Crippen molar-refractivity contribution in [2.24, 2.45) is 0 Å². The number of rotatable bonds is 1. The van der Waals surface area contributed by atoms with Gasteiger partial charge in [0, 0.05) is 21.6 Å². The molecule has 0 saturated heterocycles. The molecule has 0 fully saturated rings. The maximum absolute atomic E-state index is 4.92. The molecule has 0 radical (unpaired) electrons. The van der Waals surface area contributed by atoms with E-state index in [9.17, 15) is 0 Å². The molecule has 1 aromatic heterocycles. The highest BCUT2D eigenvalue weighted by molar-refractivity contribution is 7.12. The summed E-state index contributed by atoms with van der Waals surface area (Å²) in [7, 11) is 0. The van der Waals surface area contributed by atoms with Gasteiger partial charge >= 0.3 is 0 Å². The molecule has 90 valence electrons. The minimum absolute atomic E-state index is 0.272. The highest BCUT2D eigenvalue weighted by atomic mass is 32.1. The Morgan fingerprint density at radius 3 is 2.12 bits per heavy atom. The van der Waals surface area contributed by atoms with Crippen LogP contribution in [0.25, 0.3) is 0 Å². The van der Waals surface area contributed by atoms with Crippen molar-refractivity contribution in [3.8, 4) is 0 Å². The Kier molecular flexibility index (Phi) is 2.69. The van der Waals surface area contributed by atoms with Crippen LogP contribution in [-0.2, 0) is 10.8 Å². The van der Waals surface area contributed by atoms with Gasteiger partial charge in [0.2, 0.25) is 0 Å². The molecule has 0 N–H and O–H groups in total. The lowest BCUT2D eigenvalue weighted by Gasteiger charge is -2.37. The topological polar surface area (TPSA) is 12.9 Å². The van der Waals surface area contributed by atoms with Crippen LogP contribution in [0.1, 0.15) is 75.9 Å². The Morgan fingerprint density at radius 1 is 1.06 bits per heavy atom. The third-order valence-electron chi connectivity index (χ3n) is 3.77. The van der Waals surface area contributed by atoms with Gasteiger partial charge in [-0.1, -0.05) is 41.5 Å². The number of thiazole rings is 1. The first-order valence-corrected chi connectivity index (χ1v) is 7.07. The zero-order valence-electron chi connectivity index (χ0n) is 11.3. The van der Waals surface area contributed by atoms with Crippen molar-refractivity contribution in [1.82, 2.24) is 4.98 Å². The Morgan fingerprint density at radius 2 is 1.62 bits per heavy atom. The molecule has 2 heteroatoms. The highest BCUT2D eigenvalue weighted by Crippen LogP contribution is 2.48. The van der Waals surface area contributed by atoms with Crippen LogP contribution < -0.4 is 0 Å². The van der Waals surface area contributed by atoms with Crippen molar-refractivity contribution >= 4 is 11.3 Å². The summed E-state index contributed by atoms with van der Waals surface area (Å²) in [6, 6.07) is 0. The summed E-state index contributed by atoms with van der Waals surface area (Å²) < 4.78 is 0. The van der Waals surface area contributed by atoms with Gasteiger partial charge in [0.25, 0.3) is 0 Å². The Bertz CT molecular complexity index is 365. The monoisotopic (exact) mass is 237 g/mol. The summed E-state index contributed by atoms with van der Waals surface area (Å²) in [5, 5.41) is 1.31. The molecule has 1 aliphatic rings. The summed E-state index contributed by atoms with van der Waals surface area (Å²) >= 11 is 1.94. The van der Waals surface area contributed by atoms with Gasteiger partial charge in [-0.05, 0) is 12.8 Å². The lowest BCUT2D eigenvalue weighted by Crippen LogP contribution is -2.32. The first-order valence-electron chi connectivity index (χ1n) is 6.26. The fourth-order valence-corrected chi connectivity index (χ4v) is 3.74. The lowest BCUT2D eigenvalue weighted by atomic mass is 9.69. The summed E-state index contributed by atoms with van der Waals surface area (Å²) in [6.45, 7) is 13.9. The van der Waals surface area contributed by atoms with Crippen LogP contribution in [-0.4, -0.2) is 4.98 Å². The number of aromatic nitrogens is 1. The molecule has 0 amide bonds. The van der Waals surface area contributed by atoms with Gasteiger partial charge in [0.15, 0.2) is 0 Å². The molecule has 0 atom stereocenters. The van der Waals surface area contributed by atoms with E-state index in [-0.39, 0.29) is 5.41 Å². The largest absolute Gasteiger partial charge is 0.245 e. The van der Waals surface area contributed by atoms with E-state index in [2.05, 4.69) is 41.5 Å². The molecule has 0 aromatic carbocycles. The van der Waals surface area contributed by atoms with Crippen LogP contribution in [0.2, 0.25) is 0 Å². The molecule has 0 aliphatic heterocycles. The second kappa shape index (κ2) is 3.56. The molecule has 16 heavy (non-hydrogen) atoms. The SMILES string of the molecule is CC(C)c1nc2c(s1)C(C)(C)CCC2(C)C. The van der Waals surface area contributed by atoms with E-state index in [0.29, 0.717) is 11.3 Å². The van der Waals surface area contributed by atoms with E-state index in [1.165, 1.54) is 28.4 Å². The molecule has 1 heterocycles. The normalized spacial score (nSPS) is 22.2. The average Bonchev–Trinajstić information content (AvgIpc) is 2.59. The minimum atomic E-state index is 0.272. The van der Waals surface area contributed by atoms with Crippen molar-refractivity contribution in [2.45, 2.75) is 71.1 Å². The van der Waals surface area contributed by atoms with Crippen LogP contribution in [0, 0.1) is 0 Å². The third kappa shape index (κ3) is 1.81. The molecule has 0 saturated carbocycles. The number of hydrogen-bond donors (Lipinski definition) is 0. The Labute approximate surface area is 103 Å². The average molecular weight is 237 g/mol. The van der Waals surface area contributed by atoms with Gasteiger partial charge in [-0.15, -0.1) is 11.3 Å². The first kappa shape index (κ1) is 12.1. The molecule has 0 bridgehead atoms. The maximum atomic E-state index is 4.92. The molecule has 0 unspecified atom stereocenters. The second-order valence-corrected chi connectivity index (χ2v) is 7.68. The highest BCUT2D eigenvalue weighted by Gasteiger charge is 2.40. The molecular weight excluding hydrogens is 214 g/mol. The summed E-state index contributed by atoms with van der Waals surface area (Å²) in [4.78, 5) is 6.45. The summed E-state index contributed by atoms with van der Waals surface area (Å²) in [5.41, 5.74) is 1.97. The van der Waals surface area contributed by atoms with Gasteiger partial charge < -0.3 is 0 Å². The van der Waals surface area contributed by atoms with Crippen molar-refractivity contribution in [3.63, 3.8) is 0 Å². The Hall–Kier alpha value is -0.370. The predicted octanol–water partition coefficient (Wildman–Crippen LogP) is 4.62. The summed E-state index contributed by atoms with van der Waals surface area (Å²) in [6.07, 6.45) is 2.54. The zero-order valence-corrected chi connectivity index (χ0v) is 12.2. The number of fused-ring (bicyclic) bond motifs is 1. The second-order valence-electron chi connectivity index (χ2n) is 6.65. The smallest absolute Gasteiger partial charge is 0.0956 e. The van der Waals surface area contributed by atoms with E-state index in [1.54, 1.807) is 0 Å². The van der Waals surface area contributed by atoms with Crippen LogP contribution in [0.5, 0.6) is 0 Å². The quantitative estimate of drug-likeness (QED) is 0.694. The van der Waals surface area contributed by atoms with Crippen LogP contribution in [0.3, 0.4) is 0 Å². The van der Waals surface area contributed by atoms with E-state index in [1.807, 2.05) is 11.3 Å². The minimum Gasteiger partial charge on any atom is -0.245 e.